The first-order chi connectivity index (χ1) is 11.4. The molecule has 24 heavy (non-hydrogen) atoms. The van der Waals surface area contributed by atoms with Crippen LogP contribution in [0, 0.1) is 0 Å². The van der Waals surface area contributed by atoms with Gasteiger partial charge < -0.3 is 9.64 Å². The summed E-state index contributed by atoms with van der Waals surface area (Å²) < 4.78 is 6.07. The lowest BCUT2D eigenvalue weighted by molar-refractivity contribution is -0.128. The van der Waals surface area contributed by atoms with E-state index in [2.05, 4.69) is 0 Å². The van der Waals surface area contributed by atoms with E-state index in [9.17, 15) is 14.4 Å². The molecule has 3 rings (SSSR count). The normalized spacial score (nSPS) is 22.6. The van der Waals surface area contributed by atoms with Crippen LogP contribution in [0.4, 0.5) is 0 Å². The van der Waals surface area contributed by atoms with Gasteiger partial charge in [-0.05, 0) is 23.8 Å². The zero-order valence-electron chi connectivity index (χ0n) is 13.2. The van der Waals surface area contributed by atoms with Gasteiger partial charge in [-0.15, -0.1) is 0 Å². The van der Waals surface area contributed by atoms with Gasteiger partial charge in [0.2, 0.25) is 5.91 Å². The van der Waals surface area contributed by atoms with Crippen molar-refractivity contribution in [1.29, 1.82) is 0 Å². The second-order valence-electron chi connectivity index (χ2n) is 6.14. The second-order valence-corrected chi connectivity index (χ2v) is 6.14. The summed E-state index contributed by atoms with van der Waals surface area (Å²) >= 11 is 0. The van der Waals surface area contributed by atoms with Crippen LogP contribution >= 0.6 is 0 Å². The van der Waals surface area contributed by atoms with Crippen molar-refractivity contribution in [2.45, 2.75) is 25.4 Å². The molecule has 1 aromatic carbocycles. The number of carbonyl (C=O) groups is 3. The maximum Gasteiger partial charge on any atom is 0.267 e. The molecule has 126 valence electrons. The van der Waals surface area contributed by atoms with Gasteiger partial charge in [0.25, 0.3) is 5.91 Å². The lowest BCUT2D eigenvalue weighted by Gasteiger charge is -2.34. The third-order valence-corrected chi connectivity index (χ3v) is 4.41. The Kier molecular flexibility index (Phi) is 4.11. The van der Waals surface area contributed by atoms with Crippen molar-refractivity contribution >= 4 is 23.7 Å². The van der Waals surface area contributed by atoms with Gasteiger partial charge >= 0.3 is 0 Å². The summed E-state index contributed by atoms with van der Waals surface area (Å²) in [4.78, 5) is 36.8. The molecule has 1 saturated heterocycles. The molecule has 0 aliphatic carbocycles. The van der Waals surface area contributed by atoms with Crippen molar-refractivity contribution in [3.8, 4) is 5.75 Å². The molecule has 7 heteroatoms. The van der Waals surface area contributed by atoms with Crippen LogP contribution in [0.5, 0.6) is 5.75 Å². The monoisotopic (exact) mass is 330 g/mol. The minimum atomic E-state index is -0.649. The number of fused-ring (bicyclic) bond motifs is 1. The third-order valence-electron chi connectivity index (χ3n) is 4.41. The number of rotatable bonds is 2. The molecule has 0 aromatic heterocycles. The molecule has 1 unspecified atom stereocenters. The first-order valence-corrected chi connectivity index (χ1v) is 7.66. The topological polar surface area (TPSA) is 95.9 Å². The summed E-state index contributed by atoms with van der Waals surface area (Å²) in [7, 11) is 0. The summed E-state index contributed by atoms with van der Waals surface area (Å²) in [6.07, 6.45) is 3.53. The van der Waals surface area contributed by atoms with Crippen LogP contribution in [-0.4, -0.2) is 46.4 Å². The van der Waals surface area contributed by atoms with Gasteiger partial charge in [0.1, 0.15) is 11.4 Å². The van der Waals surface area contributed by atoms with E-state index in [-0.39, 0.29) is 18.1 Å². The summed E-state index contributed by atoms with van der Waals surface area (Å²) in [5.41, 5.74) is 1.99. The van der Waals surface area contributed by atoms with Crippen LogP contribution in [0.3, 0.4) is 0 Å². The number of hydroxylamine groups is 1. The number of ketones is 1. The number of benzene rings is 1. The van der Waals surface area contributed by atoms with E-state index in [1.165, 1.54) is 24.6 Å². The van der Waals surface area contributed by atoms with Crippen LogP contribution in [0.15, 0.2) is 24.3 Å². The van der Waals surface area contributed by atoms with Crippen LogP contribution < -0.4 is 10.2 Å². The van der Waals surface area contributed by atoms with Crippen molar-refractivity contribution in [3.05, 3.63) is 35.4 Å². The van der Waals surface area contributed by atoms with E-state index in [1.807, 2.05) is 0 Å². The fourth-order valence-corrected chi connectivity index (χ4v) is 3.17. The van der Waals surface area contributed by atoms with E-state index in [4.69, 9.17) is 9.94 Å². The average Bonchev–Trinajstić information content (AvgIpc) is 2.96. The summed E-state index contributed by atoms with van der Waals surface area (Å²) in [5.74, 6) is -0.204. The summed E-state index contributed by atoms with van der Waals surface area (Å²) in [6, 6.07) is 5.08. The number of carbonyl (C=O) groups excluding carboxylic acids is 3. The molecule has 1 aromatic rings. The second kappa shape index (κ2) is 6.09. The number of amides is 2. The van der Waals surface area contributed by atoms with E-state index in [1.54, 1.807) is 23.1 Å². The van der Waals surface area contributed by atoms with Crippen LogP contribution in [0.25, 0.3) is 6.08 Å². The summed E-state index contributed by atoms with van der Waals surface area (Å²) in [5, 5.41) is 8.47. The Labute approximate surface area is 138 Å². The first kappa shape index (κ1) is 16.2. The lowest BCUT2D eigenvalue weighted by atomic mass is 9.88. The van der Waals surface area contributed by atoms with Gasteiger partial charge in [-0.1, -0.05) is 6.07 Å². The van der Waals surface area contributed by atoms with Gasteiger partial charge in [-0.25, -0.2) is 5.48 Å². The Balaban J connectivity index is 1.83. The van der Waals surface area contributed by atoms with Gasteiger partial charge in [-0.2, -0.15) is 0 Å². The van der Waals surface area contributed by atoms with E-state index >= 15 is 0 Å². The molecule has 1 fully saturated rings. The fourth-order valence-electron chi connectivity index (χ4n) is 3.17. The number of nitrogens with one attached hydrogen (secondary N) is 1. The van der Waals surface area contributed by atoms with E-state index < -0.39 is 11.5 Å². The van der Waals surface area contributed by atoms with Gasteiger partial charge in [0.05, 0.1) is 18.5 Å². The molecule has 1 atom stereocenters. The zero-order chi connectivity index (χ0) is 17.3. The number of hydrogen-bond donors (Lipinski definition) is 2. The largest absolute Gasteiger partial charge is 0.484 e. The molecule has 0 bridgehead atoms. The predicted molar refractivity (Wildman–Crippen MR) is 84.6 cm³/mol. The molecule has 2 aliphatic heterocycles. The van der Waals surface area contributed by atoms with Gasteiger partial charge in [0.15, 0.2) is 5.78 Å². The Morgan fingerprint density at radius 1 is 1.42 bits per heavy atom. The minimum absolute atomic E-state index is 0.0173. The summed E-state index contributed by atoms with van der Waals surface area (Å²) in [6.45, 7) is 2.53. The molecular formula is C17H18N2O5. The number of hydrogen-bond acceptors (Lipinski definition) is 5. The first-order valence-electron chi connectivity index (χ1n) is 7.66. The molecule has 2 amide bonds. The molecule has 0 radical (unpaired) electrons. The molecule has 1 spiro atoms. The maximum atomic E-state index is 12.5. The highest BCUT2D eigenvalue weighted by Crippen LogP contribution is 2.39. The fraction of sp³-hybridized carbons (Fsp3) is 0.353. The van der Waals surface area contributed by atoms with Crippen LogP contribution in [0.1, 0.15) is 35.7 Å². The van der Waals surface area contributed by atoms with Crippen molar-refractivity contribution in [1.82, 2.24) is 10.4 Å². The van der Waals surface area contributed by atoms with Crippen molar-refractivity contribution < 1.29 is 24.3 Å². The van der Waals surface area contributed by atoms with E-state index in [0.717, 1.165) is 0 Å². The SMILES string of the molecule is CC(=O)N1CCC2(CC(=O)c3cc(C=CC(=O)NO)ccc3O2)C1. The third kappa shape index (κ3) is 3.03. The standard InChI is InChI=1S/C17H18N2O5/c1-11(20)19-7-6-17(10-19)9-14(21)13-8-12(2-4-15(13)24-17)3-5-16(22)18-23/h2-5,8,23H,6-7,9-10H2,1H3,(H,18,22). The Morgan fingerprint density at radius 2 is 2.21 bits per heavy atom. The van der Waals surface area contributed by atoms with Gasteiger partial charge in [-0.3, -0.25) is 19.6 Å². The zero-order valence-corrected chi connectivity index (χ0v) is 13.2. The maximum absolute atomic E-state index is 12.5. The van der Waals surface area contributed by atoms with Crippen molar-refractivity contribution in [3.63, 3.8) is 0 Å². The highest BCUT2D eigenvalue weighted by Gasteiger charge is 2.46. The number of nitrogens with zero attached hydrogens (tertiary/aromatic N) is 1. The molecule has 2 heterocycles. The molecule has 0 saturated carbocycles. The number of likely N-dealkylation sites (tertiary alicyclic amines) is 1. The highest BCUT2D eigenvalue weighted by molar-refractivity contribution is 6.01. The number of Topliss-reactive ketones (excluding diaryl/α,β-unsaturated/α-hetero) is 1. The molecular weight excluding hydrogens is 312 g/mol. The van der Waals surface area contributed by atoms with Crippen LogP contribution in [-0.2, 0) is 9.59 Å². The predicted octanol–water partition coefficient (Wildman–Crippen LogP) is 1.16. The van der Waals surface area contributed by atoms with Crippen molar-refractivity contribution in [2.24, 2.45) is 0 Å². The number of ether oxygens (including phenoxy) is 1. The Bertz CT molecular complexity index is 742. The minimum Gasteiger partial charge on any atom is -0.484 e. The highest BCUT2D eigenvalue weighted by atomic mass is 16.5. The molecule has 7 nitrogen and oxygen atoms in total. The average molecular weight is 330 g/mol. The van der Waals surface area contributed by atoms with Crippen LogP contribution in [0.2, 0.25) is 0 Å². The smallest absolute Gasteiger partial charge is 0.267 e. The van der Waals surface area contributed by atoms with Crippen molar-refractivity contribution in [2.75, 3.05) is 13.1 Å². The quantitative estimate of drug-likeness (QED) is 0.482. The Morgan fingerprint density at radius 3 is 2.88 bits per heavy atom. The van der Waals surface area contributed by atoms with Gasteiger partial charge in [0, 0.05) is 26.0 Å². The lowest BCUT2D eigenvalue weighted by Crippen LogP contribution is -2.45. The molecule has 2 aliphatic rings. The Hall–Kier alpha value is -2.67. The molecule has 2 N–H and O–H groups in total. The van der Waals surface area contributed by atoms with E-state index in [0.29, 0.717) is 36.4 Å².